The van der Waals surface area contributed by atoms with Crippen LogP contribution < -0.4 is 5.32 Å². The van der Waals surface area contributed by atoms with E-state index < -0.39 is 15.6 Å². The molecular formula is C13H18N2O2S. The summed E-state index contributed by atoms with van der Waals surface area (Å²) in [6.45, 7) is 3.62. The summed E-state index contributed by atoms with van der Waals surface area (Å²) >= 11 is 0. The summed E-state index contributed by atoms with van der Waals surface area (Å²) < 4.78 is 25.5. The average Bonchev–Trinajstić information content (AvgIpc) is 2.29. The number of anilines is 1. The standard InChI is InChI=1S/C13H18N2O2S/c1-6-13(2,3)14-11-9-7-8-10-12(11)18(16,17)15(4)5/h1,7-10,14H,2-5H3. The number of hydrogen-bond acceptors (Lipinski definition) is 3. The number of benzene rings is 1. The topological polar surface area (TPSA) is 49.4 Å². The molecule has 1 N–H and O–H groups in total. The molecule has 0 aliphatic heterocycles. The minimum atomic E-state index is -3.49. The van der Waals surface area contributed by atoms with Crippen molar-refractivity contribution in [2.24, 2.45) is 0 Å². The molecule has 1 aromatic rings. The first-order valence-electron chi connectivity index (χ1n) is 5.48. The Labute approximate surface area is 109 Å². The van der Waals surface area contributed by atoms with E-state index in [1.807, 2.05) is 13.8 Å². The first kappa shape index (κ1) is 14.6. The monoisotopic (exact) mass is 266 g/mol. The van der Waals surface area contributed by atoms with E-state index in [4.69, 9.17) is 6.42 Å². The molecule has 0 saturated heterocycles. The molecule has 0 unspecified atom stereocenters. The van der Waals surface area contributed by atoms with Crippen LogP contribution in [-0.2, 0) is 10.0 Å². The van der Waals surface area contributed by atoms with Gasteiger partial charge in [0, 0.05) is 14.1 Å². The lowest BCUT2D eigenvalue weighted by Gasteiger charge is -2.24. The van der Waals surface area contributed by atoms with Crippen LogP contribution in [0.5, 0.6) is 0 Å². The Morgan fingerprint density at radius 1 is 1.28 bits per heavy atom. The summed E-state index contributed by atoms with van der Waals surface area (Å²) in [5.41, 5.74) is -0.105. The second-order valence-electron chi connectivity index (χ2n) is 4.68. The van der Waals surface area contributed by atoms with Crippen LogP contribution in [0.25, 0.3) is 0 Å². The van der Waals surface area contributed by atoms with Crippen molar-refractivity contribution in [1.29, 1.82) is 0 Å². The van der Waals surface area contributed by atoms with E-state index in [9.17, 15) is 8.42 Å². The quantitative estimate of drug-likeness (QED) is 0.845. The number of nitrogens with zero attached hydrogens (tertiary/aromatic N) is 1. The van der Waals surface area contributed by atoms with Gasteiger partial charge in [-0.3, -0.25) is 0 Å². The summed E-state index contributed by atoms with van der Waals surface area (Å²) in [6.07, 6.45) is 5.40. The van der Waals surface area contributed by atoms with E-state index in [2.05, 4.69) is 11.2 Å². The van der Waals surface area contributed by atoms with Gasteiger partial charge in [-0.1, -0.05) is 18.1 Å². The smallest absolute Gasteiger partial charge is 0.244 e. The lowest BCUT2D eigenvalue weighted by atomic mass is 10.1. The van der Waals surface area contributed by atoms with Crippen LogP contribution in [0.2, 0.25) is 0 Å². The van der Waals surface area contributed by atoms with Crippen molar-refractivity contribution < 1.29 is 8.42 Å². The van der Waals surface area contributed by atoms with Gasteiger partial charge in [-0.15, -0.1) is 6.42 Å². The fraction of sp³-hybridized carbons (Fsp3) is 0.385. The minimum Gasteiger partial charge on any atom is -0.368 e. The van der Waals surface area contributed by atoms with Gasteiger partial charge >= 0.3 is 0 Å². The molecule has 5 heteroatoms. The molecule has 1 rings (SSSR count). The summed E-state index contributed by atoms with van der Waals surface area (Å²) in [6, 6.07) is 6.72. The van der Waals surface area contributed by atoms with E-state index in [-0.39, 0.29) is 4.90 Å². The normalized spacial score (nSPS) is 12.2. The first-order chi connectivity index (χ1) is 8.20. The van der Waals surface area contributed by atoms with Crippen molar-refractivity contribution in [3.8, 4) is 12.3 Å². The van der Waals surface area contributed by atoms with Crippen molar-refractivity contribution >= 4 is 15.7 Å². The van der Waals surface area contributed by atoms with Gasteiger partial charge in [0.15, 0.2) is 0 Å². The van der Waals surface area contributed by atoms with E-state index in [1.165, 1.54) is 18.4 Å². The van der Waals surface area contributed by atoms with Crippen molar-refractivity contribution in [2.75, 3.05) is 19.4 Å². The molecule has 1 aromatic carbocycles. The zero-order valence-electron chi connectivity index (χ0n) is 11.1. The fourth-order valence-corrected chi connectivity index (χ4v) is 2.41. The van der Waals surface area contributed by atoms with Crippen LogP contribution >= 0.6 is 0 Å². The Hall–Kier alpha value is -1.51. The SMILES string of the molecule is C#CC(C)(C)Nc1ccccc1S(=O)(=O)N(C)C. The Bertz CT molecular complexity index is 569. The maximum atomic E-state index is 12.2. The van der Waals surface area contributed by atoms with Gasteiger partial charge in [0.25, 0.3) is 0 Å². The average molecular weight is 266 g/mol. The Morgan fingerprint density at radius 3 is 2.33 bits per heavy atom. The maximum absolute atomic E-state index is 12.2. The van der Waals surface area contributed by atoms with Crippen LogP contribution in [0.4, 0.5) is 5.69 Å². The van der Waals surface area contributed by atoms with Crippen LogP contribution in [0.15, 0.2) is 29.2 Å². The highest BCUT2D eigenvalue weighted by atomic mass is 32.2. The van der Waals surface area contributed by atoms with Crippen molar-refractivity contribution in [3.05, 3.63) is 24.3 Å². The second kappa shape index (κ2) is 5.01. The number of hydrogen-bond donors (Lipinski definition) is 1. The van der Waals surface area contributed by atoms with E-state index >= 15 is 0 Å². The van der Waals surface area contributed by atoms with Gasteiger partial charge in [0.1, 0.15) is 4.90 Å². The van der Waals surface area contributed by atoms with Crippen molar-refractivity contribution in [2.45, 2.75) is 24.3 Å². The zero-order chi connectivity index (χ0) is 14.0. The summed E-state index contributed by atoms with van der Waals surface area (Å²) in [7, 11) is -0.489. The molecular weight excluding hydrogens is 248 g/mol. The fourth-order valence-electron chi connectivity index (χ4n) is 1.36. The minimum absolute atomic E-state index is 0.221. The molecule has 0 fully saturated rings. The van der Waals surface area contributed by atoms with Crippen LogP contribution in [0.1, 0.15) is 13.8 Å². The Kier molecular flexibility index (Phi) is 4.05. The molecule has 0 bridgehead atoms. The van der Waals surface area contributed by atoms with Crippen LogP contribution in [-0.4, -0.2) is 32.4 Å². The van der Waals surface area contributed by atoms with Crippen LogP contribution in [0.3, 0.4) is 0 Å². The molecule has 0 amide bonds. The Balaban J connectivity index is 3.30. The predicted octanol–water partition coefficient (Wildman–Crippen LogP) is 1.76. The third-order valence-corrected chi connectivity index (χ3v) is 4.33. The van der Waals surface area contributed by atoms with Gasteiger partial charge in [-0.05, 0) is 26.0 Å². The summed E-state index contributed by atoms with van der Waals surface area (Å²) in [4.78, 5) is 0.221. The van der Waals surface area contributed by atoms with Gasteiger partial charge in [-0.25, -0.2) is 12.7 Å². The first-order valence-corrected chi connectivity index (χ1v) is 6.92. The zero-order valence-corrected chi connectivity index (χ0v) is 11.9. The third kappa shape index (κ3) is 3.03. The van der Waals surface area contributed by atoms with Gasteiger partial charge in [0.05, 0.1) is 11.2 Å². The molecule has 0 aliphatic carbocycles. The van der Waals surface area contributed by atoms with Crippen molar-refractivity contribution in [1.82, 2.24) is 4.31 Å². The Morgan fingerprint density at radius 2 is 1.83 bits per heavy atom. The molecule has 0 aromatic heterocycles. The largest absolute Gasteiger partial charge is 0.368 e. The predicted molar refractivity (Wildman–Crippen MR) is 73.8 cm³/mol. The summed E-state index contributed by atoms with van der Waals surface area (Å²) in [5.74, 6) is 2.58. The third-order valence-electron chi connectivity index (χ3n) is 2.45. The molecule has 0 spiro atoms. The van der Waals surface area contributed by atoms with Crippen molar-refractivity contribution in [3.63, 3.8) is 0 Å². The summed E-state index contributed by atoms with van der Waals surface area (Å²) in [5, 5.41) is 3.06. The second-order valence-corrected chi connectivity index (χ2v) is 6.80. The molecule has 0 heterocycles. The highest BCUT2D eigenvalue weighted by molar-refractivity contribution is 7.89. The molecule has 0 saturated carbocycles. The molecule has 4 nitrogen and oxygen atoms in total. The highest BCUT2D eigenvalue weighted by Gasteiger charge is 2.23. The van der Waals surface area contributed by atoms with Gasteiger partial charge < -0.3 is 5.32 Å². The highest BCUT2D eigenvalue weighted by Crippen LogP contribution is 2.25. The number of sulfonamides is 1. The van der Waals surface area contributed by atoms with E-state index in [1.54, 1.807) is 24.3 Å². The van der Waals surface area contributed by atoms with Gasteiger partial charge in [0.2, 0.25) is 10.0 Å². The molecule has 0 radical (unpaired) electrons. The lowest BCUT2D eigenvalue weighted by molar-refractivity contribution is 0.521. The van der Waals surface area contributed by atoms with Gasteiger partial charge in [-0.2, -0.15) is 0 Å². The number of terminal acetylenes is 1. The lowest BCUT2D eigenvalue weighted by Crippen LogP contribution is -2.30. The molecule has 0 atom stereocenters. The number of rotatable bonds is 4. The van der Waals surface area contributed by atoms with E-state index in [0.717, 1.165) is 0 Å². The number of nitrogens with one attached hydrogen (secondary N) is 1. The molecule has 98 valence electrons. The molecule has 0 aliphatic rings. The maximum Gasteiger partial charge on any atom is 0.244 e. The number of para-hydroxylation sites is 1. The van der Waals surface area contributed by atoms with E-state index in [0.29, 0.717) is 5.69 Å². The molecule has 18 heavy (non-hydrogen) atoms. The van der Waals surface area contributed by atoms with Crippen LogP contribution in [0, 0.1) is 12.3 Å².